The molecule has 3 aromatic heterocycles. The number of rotatable bonds is 7. The van der Waals surface area contributed by atoms with Crippen molar-refractivity contribution in [1.29, 1.82) is 0 Å². The molecule has 0 unspecified atom stereocenters. The molecule has 0 N–H and O–H groups in total. The van der Waals surface area contributed by atoms with Gasteiger partial charge in [0, 0.05) is 58.8 Å². The summed E-state index contributed by atoms with van der Waals surface area (Å²) in [5.74, 6) is 0. The molecule has 0 aliphatic rings. The van der Waals surface area contributed by atoms with Crippen molar-refractivity contribution < 1.29 is 0 Å². The highest BCUT2D eigenvalue weighted by Crippen LogP contribution is 2.46. The molecule has 0 fully saturated rings. The van der Waals surface area contributed by atoms with Gasteiger partial charge in [-0.25, -0.2) is 0 Å². The maximum absolute atomic E-state index is 2.49. The Balaban J connectivity index is 0.966. The molecule has 13 aromatic rings. The van der Waals surface area contributed by atoms with Crippen LogP contribution in [-0.4, -0.2) is 4.40 Å². The van der Waals surface area contributed by atoms with Crippen molar-refractivity contribution in [3.63, 3.8) is 0 Å². The SMILES string of the molecule is c1ccc(-c2ccc(N(c3ccc(-c4ccccc4)cc3)c3cccc(-c4ccc5c(c4)c4cc(-c6cccc7c6sc6ccccc67)cc6c7ccccc7n5c64)c3)cc2)cc1. The number of anilines is 3. The van der Waals surface area contributed by atoms with Crippen molar-refractivity contribution in [2.75, 3.05) is 4.90 Å². The summed E-state index contributed by atoms with van der Waals surface area (Å²) in [6.07, 6.45) is 0. The summed E-state index contributed by atoms with van der Waals surface area (Å²) in [6, 6.07) is 84.5. The Bertz CT molecular complexity index is 3740. The van der Waals surface area contributed by atoms with E-state index in [2.05, 4.69) is 240 Å². The third kappa shape index (κ3) is 5.78. The fourth-order valence-electron chi connectivity index (χ4n) is 9.95. The van der Waals surface area contributed by atoms with E-state index in [0.717, 1.165) is 17.1 Å². The lowest BCUT2D eigenvalue weighted by molar-refractivity contribution is 1.28. The Kier molecular flexibility index (Phi) is 8.12. The molecule has 63 heavy (non-hydrogen) atoms. The molecule has 0 spiro atoms. The van der Waals surface area contributed by atoms with Crippen LogP contribution < -0.4 is 4.90 Å². The van der Waals surface area contributed by atoms with E-state index in [1.54, 1.807) is 0 Å². The van der Waals surface area contributed by atoms with Crippen LogP contribution in [0, 0.1) is 0 Å². The fraction of sp³-hybridized carbons (Fsp3) is 0. The van der Waals surface area contributed by atoms with Gasteiger partial charge >= 0.3 is 0 Å². The molecular weight excluding hydrogens is 781 g/mol. The normalized spacial score (nSPS) is 11.8. The van der Waals surface area contributed by atoms with E-state index >= 15 is 0 Å². The van der Waals surface area contributed by atoms with E-state index in [0.29, 0.717) is 0 Å². The third-order valence-corrected chi connectivity index (χ3v) is 14.1. The minimum absolute atomic E-state index is 1.10. The molecular formula is C60H38N2S. The molecule has 294 valence electrons. The molecule has 0 atom stereocenters. The van der Waals surface area contributed by atoms with Gasteiger partial charge in [0.1, 0.15) is 0 Å². The van der Waals surface area contributed by atoms with Gasteiger partial charge in [-0.2, -0.15) is 0 Å². The zero-order chi connectivity index (χ0) is 41.4. The first-order valence-electron chi connectivity index (χ1n) is 21.6. The molecule has 0 radical (unpaired) electrons. The van der Waals surface area contributed by atoms with Gasteiger partial charge < -0.3 is 9.30 Å². The number of aromatic nitrogens is 1. The van der Waals surface area contributed by atoms with Crippen molar-refractivity contribution in [2.45, 2.75) is 0 Å². The van der Waals surface area contributed by atoms with E-state index in [9.17, 15) is 0 Å². The summed E-state index contributed by atoms with van der Waals surface area (Å²) in [5.41, 5.74) is 16.8. The number of fused-ring (bicyclic) bond motifs is 9. The minimum Gasteiger partial charge on any atom is -0.310 e. The summed E-state index contributed by atoms with van der Waals surface area (Å²) in [5, 5.41) is 7.77. The first-order valence-corrected chi connectivity index (χ1v) is 22.4. The Morgan fingerprint density at radius 3 is 1.52 bits per heavy atom. The van der Waals surface area contributed by atoms with Gasteiger partial charge in [-0.1, -0.05) is 158 Å². The lowest BCUT2D eigenvalue weighted by Gasteiger charge is -2.26. The van der Waals surface area contributed by atoms with Gasteiger partial charge in [-0.3, -0.25) is 0 Å². The van der Waals surface area contributed by atoms with Crippen molar-refractivity contribution in [3.05, 3.63) is 231 Å². The van der Waals surface area contributed by atoms with Crippen molar-refractivity contribution >= 4 is 86.7 Å². The van der Waals surface area contributed by atoms with Gasteiger partial charge in [0.25, 0.3) is 0 Å². The molecule has 2 nitrogen and oxygen atoms in total. The second-order valence-corrected chi connectivity index (χ2v) is 17.5. The Labute approximate surface area is 369 Å². The van der Waals surface area contributed by atoms with Crippen LogP contribution in [0.25, 0.3) is 103 Å². The number of para-hydroxylation sites is 1. The summed E-state index contributed by atoms with van der Waals surface area (Å²) in [7, 11) is 0. The maximum atomic E-state index is 2.49. The smallest absolute Gasteiger partial charge is 0.0620 e. The average molecular weight is 819 g/mol. The number of hydrogen-bond acceptors (Lipinski definition) is 2. The summed E-state index contributed by atoms with van der Waals surface area (Å²) >= 11 is 1.90. The molecule has 0 saturated heterocycles. The number of nitrogens with zero attached hydrogens (tertiary/aromatic N) is 2. The number of hydrogen-bond donors (Lipinski definition) is 0. The zero-order valence-corrected chi connectivity index (χ0v) is 35.1. The van der Waals surface area contributed by atoms with E-state index in [4.69, 9.17) is 0 Å². The molecule has 0 aliphatic heterocycles. The van der Waals surface area contributed by atoms with Gasteiger partial charge in [0.2, 0.25) is 0 Å². The van der Waals surface area contributed by atoms with E-state index < -0.39 is 0 Å². The molecule has 13 rings (SSSR count). The number of benzene rings is 10. The lowest BCUT2D eigenvalue weighted by atomic mass is 9.97. The van der Waals surface area contributed by atoms with E-state index in [1.165, 1.54) is 103 Å². The second-order valence-electron chi connectivity index (χ2n) is 16.5. The fourth-order valence-corrected chi connectivity index (χ4v) is 11.2. The van der Waals surface area contributed by atoms with Gasteiger partial charge in [-0.05, 0) is 117 Å². The topological polar surface area (TPSA) is 7.65 Å². The summed E-state index contributed by atoms with van der Waals surface area (Å²) < 4.78 is 5.15. The third-order valence-electron chi connectivity index (χ3n) is 12.9. The highest BCUT2D eigenvalue weighted by Gasteiger charge is 2.21. The quantitative estimate of drug-likeness (QED) is 0.155. The molecule has 0 amide bonds. The minimum atomic E-state index is 1.10. The van der Waals surface area contributed by atoms with Gasteiger partial charge in [0.15, 0.2) is 0 Å². The summed E-state index contributed by atoms with van der Waals surface area (Å²) in [4.78, 5) is 2.37. The first kappa shape index (κ1) is 35.7. The highest BCUT2D eigenvalue weighted by atomic mass is 32.1. The van der Waals surface area contributed by atoms with Gasteiger partial charge in [0.05, 0.1) is 16.6 Å². The van der Waals surface area contributed by atoms with Crippen molar-refractivity contribution in [3.8, 4) is 44.5 Å². The Morgan fingerprint density at radius 2 is 0.810 bits per heavy atom. The monoisotopic (exact) mass is 818 g/mol. The molecule has 3 heterocycles. The Morgan fingerprint density at radius 1 is 0.302 bits per heavy atom. The van der Waals surface area contributed by atoms with Gasteiger partial charge in [-0.15, -0.1) is 11.3 Å². The molecule has 0 saturated carbocycles. The van der Waals surface area contributed by atoms with Crippen LogP contribution >= 0.6 is 11.3 Å². The standard InChI is InChI=1S/C60H38N2S/c1-3-13-39(14-4-1)41-25-30-46(31-26-41)61(47-32-27-42(28-33-47)40-15-5-2-6-16-40)48-18-11-17-43(35-48)44-29-34-57-53(36-44)55-38-45(37-54-50-19-7-9-23-56(50)62(57)59(54)55)49-21-12-22-52-51-20-8-10-24-58(51)63-60(49)52/h1-38H. The highest BCUT2D eigenvalue weighted by molar-refractivity contribution is 7.26. The van der Waals surface area contributed by atoms with Crippen LogP contribution in [0.4, 0.5) is 17.1 Å². The summed E-state index contributed by atoms with van der Waals surface area (Å²) in [6.45, 7) is 0. The largest absolute Gasteiger partial charge is 0.310 e. The number of thiophene rings is 1. The van der Waals surface area contributed by atoms with Crippen molar-refractivity contribution in [1.82, 2.24) is 4.40 Å². The average Bonchev–Trinajstić information content (AvgIpc) is 4.02. The van der Waals surface area contributed by atoms with Crippen LogP contribution in [0.5, 0.6) is 0 Å². The predicted octanol–water partition coefficient (Wildman–Crippen LogP) is 17.3. The zero-order valence-electron chi connectivity index (χ0n) is 34.2. The molecule has 10 aromatic carbocycles. The second kappa shape index (κ2) is 14.3. The van der Waals surface area contributed by atoms with E-state index in [-0.39, 0.29) is 0 Å². The molecule has 3 heteroatoms. The molecule has 0 aliphatic carbocycles. The van der Waals surface area contributed by atoms with Crippen molar-refractivity contribution in [2.24, 2.45) is 0 Å². The Hall–Kier alpha value is -7.98. The van der Waals surface area contributed by atoms with Crippen LogP contribution in [0.15, 0.2) is 231 Å². The maximum Gasteiger partial charge on any atom is 0.0620 e. The van der Waals surface area contributed by atoms with Crippen LogP contribution in [0.3, 0.4) is 0 Å². The van der Waals surface area contributed by atoms with Crippen LogP contribution in [0.1, 0.15) is 0 Å². The lowest BCUT2D eigenvalue weighted by Crippen LogP contribution is -2.10. The first-order chi connectivity index (χ1) is 31.2. The van der Waals surface area contributed by atoms with Crippen LogP contribution in [0.2, 0.25) is 0 Å². The van der Waals surface area contributed by atoms with E-state index in [1.807, 2.05) is 11.3 Å². The molecule has 0 bridgehead atoms. The van der Waals surface area contributed by atoms with Crippen LogP contribution in [-0.2, 0) is 0 Å². The predicted molar refractivity (Wildman–Crippen MR) is 270 cm³/mol.